The number of hydrogen-bond acceptors (Lipinski definition) is 3. The van der Waals surface area contributed by atoms with Crippen LogP contribution in [0.25, 0.3) is 0 Å². The molecule has 1 aromatic carbocycles. The fraction of sp³-hybridized carbons (Fsp3) is 0.588. The number of benzene rings is 1. The number of halogens is 2. The first-order chi connectivity index (χ1) is 11.1. The standard InChI is InChI=1S/C17H22ClFN2O2/c18-16-8-14(19)4-3-12(16)9-21-6-1-2-15(10-21)20-17(22)13-5-7-23-11-13/h3-4,8,13,15H,1-2,5-7,9-11H2,(H,20,22)/t13-,15+/m1/s1. The fourth-order valence-electron chi connectivity index (χ4n) is 3.27. The lowest BCUT2D eigenvalue weighted by atomic mass is 10.0. The van der Waals surface area contributed by atoms with Crippen molar-refractivity contribution in [2.75, 3.05) is 26.3 Å². The Kier molecular flexibility index (Phi) is 5.51. The molecule has 126 valence electrons. The first kappa shape index (κ1) is 16.7. The van der Waals surface area contributed by atoms with Crippen LogP contribution in [0.1, 0.15) is 24.8 Å². The van der Waals surface area contributed by atoms with E-state index in [0.717, 1.165) is 37.9 Å². The molecule has 0 unspecified atom stereocenters. The zero-order valence-corrected chi connectivity index (χ0v) is 13.8. The van der Waals surface area contributed by atoms with Gasteiger partial charge in [0.25, 0.3) is 0 Å². The number of carbonyl (C=O) groups is 1. The largest absolute Gasteiger partial charge is 0.381 e. The van der Waals surface area contributed by atoms with E-state index in [0.29, 0.717) is 24.8 Å². The van der Waals surface area contributed by atoms with Crippen LogP contribution in [0.15, 0.2) is 18.2 Å². The minimum atomic E-state index is -0.318. The van der Waals surface area contributed by atoms with Gasteiger partial charge < -0.3 is 10.1 Å². The van der Waals surface area contributed by atoms with E-state index in [9.17, 15) is 9.18 Å². The van der Waals surface area contributed by atoms with Gasteiger partial charge in [-0.05, 0) is 43.5 Å². The molecular formula is C17H22ClFN2O2. The van der Waals surface area contributed by atoms with Crippen molar-refractivity contribution in [3.63, 3.8) is 0 Å². The second-order valence-corrected chi connectivity index (χ2v) is 6.79. The molecule has 0 radical (unpaired) electrons. The molecule has 1 amide bonds. The summed E-state index contributed by atoms with van der Waals surface area (Å²) in [6.07, 6.45) is 2.84. The van der Waals surface area contributed by atoms with E-state index in [1.54, 1.807) is 6.07 Å². The van der Waals surface area contributed by atoms with Crippen molar-refractivity contribution in [3.8, 4) is 0 Å². The quantitative estimate of drug-likeness (QED) is 0.916. The molecule has 0 bridgehead atoms. The van der Waals surface area contributed by atoms with E-state index in [-0.39, 0.29) is 23.7 Å². The Labute approximate surface area is 140 Å². The molecule has 4 nitrogen and oxygen atoms in total. The summed E-state index contributed by atoms with van der Waals surface area (Å²) in [6.45, 7) is 3.66. The first-order valence-corrected chi connectivity index (χ1v) is 8.54. The van der Waals surface area contributed by atoms with Crippen LogP contribution in [-0.4, -0.2) is 43.2 Å². The average molecular weight is 341 g/mol. The lowest BCUT2D eigenvalue weighted by Crippen LogP contribution is -2.49. The Bertz CT molecular complexity index is 564. The van der Waals surface area contributed by atoms with Crippen LogP contribution in [-0.2, 0) is 16.1 Å². The third-order valence-electron chi connectivity index (χ3n) is 4.56. The highest BCUT2D eigenvalue weighted by molar-refractivity contribution is 6.31. The van der Waals surface area contributed by atoms with E-state index in [4.69, 9.17) is 16.3 Å². The van der Waals surface area contributed by atoms with E-state index in [1.807, 2.05) is 0 Å². The third kappa shape index (κ3) is 4.43. The van der Waals surface area contributed by atoms with Crippen molar-refractivity contribution >= 4 is 17.5 Å². The van der Waals surface area contributed by atoms with Crippen LogP contribution in [0.3, 0.4) is 0 Å². The van der Waals surface area contributed by atoms with Gasteiger partial charge in [0.05, 0.1) is 12.5 Å². The van der Waals surface area contributed by atoms with Crippen molar-refractivity contribution in [2.45, 2.75) is 31.8 Å². The van der Waals surface area contributed by atoms with Gasteiger partial charge in [-0.2, -0.15) is 0 Å². The molecule has 2 heterocycles. The summed E-state index contributed by atoms with van der Waals surface area (Å²) in [7, 11) is 0. The SMILES string of the molecule is O=C(N[C@H]1CCCN(Cc2ccc(F)cc2Cl)C1)[C@@H]1CCOC1. The molecule has 23 heavy (non-hydrogen) atoms. The molecule has 2 aliphatic heterocycles. The Morgan fingerprint density at radius 3 is 3.04 bits per heavy atom. The first-order valence-electron chi connectivity index (χ1n) is 8.16. The third-order valence-corrected chi connectivity index (χ3v) is 4.91. The summed E-state index contributed by atoms with van der Waals surface area (Å²) in [6, 6.07) is 4.68. The van der Waals surface area contributed by atoms with E-state index in [1.165, 1.54) is 12.1 Å². The highest BCUT2D eigenvalue weighted by Gasteiger charge is 2.27. The lowest BCUT2D eigenvalue weighted by Gasteiger charge is -2.33. The molecular weight excluding hydrogens is 319 g/mol. The van der Waals surface area contributed by atoms with Crippen LogP contribution >= 0.6 is 11.6 Å². The van der Waals surface area contributed by atoms with Crippen molar-refractivity contribution in [3.05, 3.63) is 34.6 Å². The van der Waals surface area contributed by atoms with Gasteiger partial charge in [0.15, 0.2) is 0 Å². The maximum atomic E-state index is 13.1. The predicted octanol–water partition coefficient (Wildman–Crippen LogP) is 2.60. The number of rotatable bonds is 4. The Hall–Kier alpha value is -1.17. The molecule has 0 saturated carbocycles. The van der Waals surface area contributed by atoms with Gasteiger partial charge in [-0.3, -0.25) is 9.69 Å². The Balaban J connectivity index is 1.54. The summed E-state index contributed by atoms with van der Waals surface area (Å²) >= 11 is 6.11. The van der Waals surface area contributed by atoms with Gasteiger partial charge in [0, 0.05) is 30.8 Å². The summed E-state index contributed by atoms with van der Waals surface area (Å²) < 4.78 is 18.4. The van der Waals surface area contributed by atoms with Gasteiger partial charge in [-0.25, -0.2) is 4.39 Å². The minimum Gasteiger partial charge on any atom is -0.381 e. The van der Waals surface area contributed by atoms with Crippen LogP contribution in [0.4, 0.5) is 4.39 Å². The molecule has 2 atom stereocenters. The number of nitrogens with zero attached hydrogens (tertiary/aromatic N) is 1. The fourth-order valence-corrected chi connectivity index (χ4v) is 3.50. The minimum absolute atomic E-state index is 0.00285. The van der Waals surface area contributed by atoms with Gasteiger partial charge in [-0.15, -0.1) is 0 Å². The molecule has 1 aromatic rings. The molecule has 2 fully saturated rings. The zero-order valence-electron chi connectivity index (χ0n) is 13.1. The van der Waals surface area contributed by atoms with Crippen LogP contribution in [0, 0.1) is 11.7 Å². The number of ether oxygens (including phenoxy) is 1. The van der Waals surface area contributed by atoms with Gasteiger partial charge in [0.1, 0.15) is 5.82 Å². The number of nitrogens with one attached hydrogen (secondary N) is 1. The number of carbonyl (C=O) groups excluding carboxylic acids is 1. The monoisotopic (exact) mass is 340 g/mol. The van der Waals surface area contributed by atoms with Crippen molar-refractivity contribution < 1.29 is 13.9 Å². The average Bonchev–Trinajstić information content (AvgIpc) is 3.05. The van der Waals surface area contributed by atoms with Crippen LogP contribution < -0.4 is 5.32 Å². The highest BCUT2D eigenvalue weighted by atomic mass is 35.5. The Morgan fingerprint density at radius 2 is 2.30 bits per heavy atom. The molecule has 2 saturated heterocycles. The Morgan fingerprint density at radius 1 is 1.43 bits per heavy atom. The zero-order chi connectivity index (χ0) is 16.2. The molecule has 1 N–H and O–H groups in total. The second-order valence-electron chi connectivity index (χ2n) is 6.38. The van der Waals surface area contributed by atoms with Crippen molar-refractivity contribution in [2.24, 2.45) is 5.92 Å². The normalized spacial score (nSPS) is 25.5. The lowest BCUT2D eigenvalue weighted by molar-refractivity contribution is -0.126. The molecule has 6 heteroatoms. The number of likely N-dealkylation sites (tertiary alicyclic amines) is 1. The molecule has 0 aromatic heterocycles. The molecule has 0 aliphatic carbocycles. The summed E-state index contributed by atoms with van der Waals surface area (Å²) in [5, 5.41) is 3.60. The molecule has 2 aliphatic rings. The summed E-state index contributed by atoms with van der Waals surface area (Å²) in [4.78, 5) is 14.5. The van der Waals surface area contributed by atoms with Crippen molar-refractivity contribution in [1.29, 1.82) is 0 Å². The van der Waals surface area contributed by atoms with Gasteiger partial charge in [0.2, 0.25) is 5.91 Å². The van der Waals surface area contributed by atoms with Crippen LogP contribution in [0.2, 0.25) is 5.02 Å². The van der Waals surface area contributed by atoms with E-state index in [2.05, 4.69) is 10.2 Å². The van der Waals surface area contributed by atoms with Crippen molar-refractivity contribution in [1.82, 2.24) is 10.2 Å². The topological polar surface area (TPSA) is 41.6 Å². The van der Waals surface area contributed by atoms with Gasteiger partial charge in [-0.1, -0.05) is 17.7 Å². The summed E-state index contributed by atoms with van der Waals surface area (Å²) in [5.74, 6) is -0.215. The maximum absolute atomic E-state index is 13.1. The summed E-state index contributed by atoms with van der Waals surface area (Å²) in [5.41, 5.74) is 0.921. The molecule has 3 rings (SSSR count). The van der Waals surface area contributed by atoms with E-state index < -0.39 is 0 Å². The maximum Gasteiger partial charge on any atom is 0.225 e. The second kappa shape index (κ2) is 7.60. The number of hydrogen-bond donors (Lipinski definition) is 1. The van der Waals surface area contributed by atoms with Gasteiger partial charge >= 0.3 is 0 Å². The van der Waals surface area contributed by atoms with Crippen LogP contribution in [0.5, 0.6) is 0 Å². The number of piperidine rings is 1. The predicted molar refractivity (Wildman–Crippen MR) is 86.8 cm³/mol. The highest BCUT2D eigenvalue weighted by Crippen LogP contribution is 2.21. The van der Waals surface area contributed by atoms with E-state index >= 15 is 0 Å². The number of amides is 1. The smallest absolute Gasteiger partial charge is 0.225 e. The molecule has 0 spiro atoms.